The smallest absolute Gasteiger partial charge is 0.326 e. The van der Waals surface area contributed by atoms with E-state index in [0.717, 1.165) is 0 Å². The minimum absolute atomic E-state index is 0.439. The first-order valence-corrected chi connectivity index (χ1v) is 7.51. The van der Waals surface area contributed by atoms with Gasteiger partial charge in [-0.2, -0.15) is 0 Å². The number of amides is 5. The molecule has 0 saturated carbocycles. The predicted molar refractivity (Wildman–Crippen MR) is 87.2 cm³/mol. The molecule has 0 aromatic carbocycles. The standard InChI is InChI=1S/C13H22N6O8/c14-5(1-8(15)21)11(24)17-3-10(23)18-7(4-20)12(25)19-6(13(26)27)2-9(16)22/h5-7,20H,1-4,14H2,(H2,15,21)(H2,16,22)(H,17,24)(H,18,23)(H,19,25)(H,26,27). The molecule has 0 aromatic rings. The minimum atomic E-state index is -1.65. The fourth-order valence-corrected chi connectivity index (χ4v) is 1.72. The molecule has 0 aliphatic carbocycles. The van der Waals surface area contributed by atoms with Crippen molar-refractivity contribution in [1.29, 1.82) is 0 Å². The van der Waals surface area contributed by atoms with Crippen molar-refractivity contribution >= 4 is 35.5 Å². The third kappa shape index (κ3) is 9.71. The van der Waals surface area contributed by atoms with E-state index < -0.39 is 79.6 Å². The minimum Gasteiger partial charge on any atom is -0.480 e. The zero-order chi connectivity index (χ0) is 21.1. The number of aliphatic carboxylic acids is 1. The number of aliphatic hydroxyl groups excluding tert-OH is 1. The van der Waals surface area contributed by atoms with E-state index >= 15 is 0 Å². The highest BCUT2D eigenvalue weighted by Gasteiger charge is 2.27. The largest absolute Gasteiger partial charge is 0.480 e. The summed E-state index contributed by atoms with van der Waals surface area (Å²) >= 11 is 0. The lowest BCUT2D eigenvalue weighted by Gasteiger charge is -2.19. The fraction of sp³-hybridized carbons (Fsp3) is 0.538. The van der Waals surface area contributed by atoms with Crippen LogP contribution in [0.4, 0.5) is 0 Å². The van der Waals surface area contributed by atoms with Gasteiger partial charge in [-0.1, -0.05) is 0 Å². The normalized spacial score (nSPS) is 13.6. The molecule has 0 bridgehead atoms. The van der Waals surface area contributed by atoms with Crippen LogP contribution in [-0.2, 0) is 28.8 Å². The van der Waals surface area contributed by atoms with Crippen molar-refractivity contribution in [1.82, 2.24) is 16.0 Å². The van der Waals surface area contributed by atoms with E-state index in [4.69, 9.17) is 22.3 Å². The van der Waals surface area contributed by atoms with Crippen LogP contribution in [0.3, 0.4) is 0 Å². The molecule has 5 amide bonds. The molecule has 0 aliphatic heterocycles. The Labute approximate surface area is 152 Å². The molecule has 11 N–H and O–H groups in total. The zero-order valence-electron chi connectivity index (χ0n) is 14.1. The van der Waals surface area contributed by atoms with E-state index in [1.165, 1.54) is 0 Å². The van der Waals surface area contributed by atoms with Gasteiger partial charge < -0.3 is 43.4 Å². The molecule has 3 unspecified atom stereocenters. The summed E-state index contributed by atoms with van der Waals surface area (Å²) in [7, 11) is 0. The van der Waals surface area contributed by atoms with Crippen LogP contribution in [-0.4, -0.2) is 77.0 Å². The van der Waals surface area contributed by atoms with E-state index in [-0.39, 0.29) is 0 Å². The summed E-state index contributed by atoms with van der Waals surface area (Å²) in [5.74, 6) is -6.19. The molecule has 27 heavy (non-hydrogen) atoms. The van der Waals surface area contributed by atoms with Crippen LogP contribution in [0.25, 0.3) is 0 Å². The number of carbonyl (C=O) groups is 6. The number of nitrogens with one attached hydrogen (secondary N) is 3. The van der Waals surface area contributed by atoms with Gasteiger partial charge in [0.25, 0.3) is 0 Å². The van der Waals surface area contributed by atoms with E-state index in [1.54, 1.807) is 0 Å². The number of carboxylic acids is 1. The number of hydrogen-bond donors (Lipinski definition) is 8. The summed E-state index contributed by atoms with van der Waals surface area (Å²) in [4.78, 5) is 67.6. The molecule has 0 radical (unpaired) electrons. The highest BCUT2D eigenvalue weighted by molar-refractivity contribution is 5.94. The van der Waals surface area contributed by atoms with Crippen molar-refractivity contribution < 1.29 is 39.0 Å². The molecule has 0 fully saturated rings. The van der Waals surface area contributed by atoms with Crippen molar-refractivity contribution in [3.8, 4) is 0 Å². The number of rotatable bonds is 12. The Morgan fingerprint density at radius 2 is 1.41 bits per heavy atom. The summed E-state index contributed by atoms with van der Waals surface area (Å²) in [6.45, 7) is -1.53. The van der Waals surface area contributed by atoms with E-state index in [2.05, 4.69) is 5.32 Å². The zero-order valence-corrected chi connectivity index (χ0v) is 14.1. The number of hydrogen-bond acceptors (Lipinski definition) is 8. The van der Waals surface area contributed by atoms with Crippen LogP contribution in [0.15, 0.2) is 0 Å². The van der Waals surface area contributed by atoms with Gasteiger partial charge in [0.1, 0.15) is 12.1 Å². The van der Waals surface area contributed by atoms with Gasteiger partial charge in [-0.3, -0.25) is 24.0 Å². The Kier molecular flexibility index (Phi) is 10.0. The van der Waals surface area contributed by atoms with Gasteiger partial charge in [-0.25, -0.2) is 4.79 Å². The van der Waals surface area contributed by atoms with Crippen LogP contribution in [0.1, 0.15) is 12.8 Å². The lowest BCUT2D eigenvalue weighted by molar-refractivity contribution is -0.144. The van der Waals surface area contributed by atoms with Gasteiger partial charge in [0.05, 0.1) is 32.0 Å². The van der Waals surface area contributed by atoms with Crippen molar-refractivity contribution in [3.63, 3.8) is 0 Å². The van der Waals surface area contributed by atoms with E-state index in [0.29, 0.717) is 0 Å². The second-order valence-corrected chi connectivity index (χ2v) is 5.37. The predicted octanol–water partition coefficient (Wildman–Crippen LogP) is -5.77. The molecular weight excluding hydrogens is 368 g/mol. The van der Waals surface area contributed by atoms with Gasteiger partial charge >= 0.3 is 5.97 Å². The molecule has 152 valence electrons. The highest BCUT2D eigenvalue weighted by atomic mass is 16.4. The monoisotopic (exact) mass is 390 g/mol. The maximum Gasteiger partial charge on any atom is 0.326 e. The second kappa shape index (κ2) is 11.4. The second-order valence-electron chi connectivity index (χ2n) is 5.37. The number of carbonyl (C=O) groups excluding carboxylic acids is 5. The summed E-state index contributed by atoms with van der Waals surface area (Å²) < 4.78 is 0. The molecule has 0 aromatic heterocycles. The third-order valence-corrected chi connectivity index (χ3v) is 3.04. The van der Waals surface area contributed by atoms with Crippen LogP contribution in [0.5, 0.6) is 0 Å². The Balaban J connectivity index is 4.64. The lowest BCUT2D eigenvalue weighted by atomic mass is 10.1. The van der Waals surface area contributed by atoms with Crippen molar-refractivity contribution in [2.75, 3.05) is 13.2 Å². The van der Waals surface area contributed by atoms with Crippen LogP contribution < -0.4 is 33.2 Å². The molecule has 0 aliphatic rings. The Bertz CT molecular complexity index is 610. The first kappa shape index (κ1) is 23.7. The first-order valence-electron chi connectivity index (χ1n) is 7.51. The number of primary amides is 2. The average molecular weight is 390 g/mol. The number of carboxylic acid groups (broad SMARTS) is 1. The maximum atomic E-state index is 11.9. The van der Waals surface area contributed by atoms with Crippen molar-refractivity contribution in [2.45, 2.75) is 31.0 Å². The molecule has 0 spiro atoms. The Hall–Kier alpha value is -3.26. The number of aliphatic hydroxyl groups is 1. The van der Waals surface area contributed by atoms with Crippen LogP contribution in [0, 0.1) is 0 Å². The molecule has 0 heterocycles. The molecule has 3 atom stereocenters. The topological polar surface area (TPSA) is 257 Å². The van der Waals surface area contributed by atoms with Gasteiger partial charge in [-0.05, 0) is 0 Å². The van der Waals surface area contributed by atoms with E-state index in [9.17, 15) is 33.9 Å². The molecule has 0 rings (SSSR count). The van der Waals surface area contributed by atoms with Gasteiger partial charge in [0.15, 0.2) is 0 Å². The van der Waals surface area contributed by atoms with Crippen molar-refractivity contribution in [3.05, 3.63) is 0 Å². The third-order valence-electron chi connectivity index (χ3n) is 3.04. The maximum absolute atomic E-state index is 11.9. The van der Waals surface area contributed by atoms with Gasteiger partial charge in [0, 0.05) is 0 Å². The average Bonchev–Trinajstić information content (AvgIpc) is 2.55. The van der Waals surface area contributed by atoms with E-state index in [1.807, 2.05) is 10.6 Å². The Morgan fingerprint density at radius 1 is 0.852 bits per heavy atom. The summed E-state index contributed by atoms with van der Waals surface area (Å²) in [5, 5.41) is 24.1. The van der Waals surface area contributed by atoms with Crippen molar-refractivity contribution in [2.24, 2.45) is 17.2 Å². The van der Waals surface area contributed by atoms with Gasteiger partial charge in [0.2, 0.25) is 29.5 Å². The fourth-order valence-electron chi connectivity index (χ4n) is 1.72. The van der Waals surface area contributed by atoms with Crippen LogP contribution in [0.2, 0.25) is 0 Å². The molecule has 0 saturated heterocycles. The SMILES string of the molecule is NC(=O)CC(N)C(=O)NCC(=O)NC(CO)C(=O)NC(CC(N)=O)C(=O)O. The van der Waals surface area contributed by atoms with Crippen LogP contribution >= 0.6 is 0 Å². The molecule has 14 nitrogen and oxygen atoms in total. The van der Waals surface area contributed by atoms with Gasteiger partial charge in [-0.15, -0.1) is 0 Å². The summed E-state index contributed by atoms with van der Waals surface area (Å²) in [5.41, 5.74) is 15.1. The number of nitrogens with two attached hydrogens (primary N) is 3. The Morgan fingerprint density at radius 3 is 1.85 bits per heavy atom. The first-order chi connectivity index (χ1) is 12.5. The summed E-state index contributed by atoms with van der Waals surface area (Å²) in [6, 6.07) is -4.46. The molecule has 14 heteroatoms. The quantitative estimate of drug-likeness (QED) is 0.157. The lowest BCUT2D eigenvalue weighted by Crippen LogP contribution is -2.55. The molecular formula is C13H22N6O8. The highest BCUT2D eigenvalue weighted by Crippen LogP contribution is 1.94. The summed E-state index contributed by atoms with van der Waals surface area (Å²) in [6.07, 6.45) is -1.13.